The van der Waals surface area contributed by atoms with Crippen LogP contribution in [-0.4, -0.2) is 42.8 Å². The minimum Gasteiger partial charge on any atom is -0.463 e. The molecule has 0 aliphatic carbocycles. The summed E-state index contributed by atoms with van der Waals surface area (Å²) in [4.78, 5) is 34.8. The van der Waals surface area contributed by atoms with E-state index in [1.165, 1.54) is 32.1 Å². The van der Waals surface area contributed by atoms with Crippen LogP contribution in [0.4, 0.5) is 0 Å². The molecule has 1 aliphatic heterocycles. The molecule has 0 radical (unpaired) electrons. The van der Waals surface area contributed by atoms with E-state index in [4.69, 9.17) is 18.9 Å². The first kappa shape index (κ1) is 18.9. The van der Waals surface area contributed by atoms with Gasteiger partial charge < -0.3 is 18.9 Å². The summed E-state index contributed by atoms with van der Waals surface area (Å²) in [5.41, 5.74) is 0. The Morgan fingerprint density at radius 3 is 2.21 bits per heavy atom. The molecule has 2 heterocycles. The van der Waals surface area contributed by atoms with E-state index in [9.17, 15) is 14.4 Å². The fraction of sp³-hybridized carbons (Fsp3) is 0.533. The summed E-state index contributed by atoms with van der Waals surface area (Å²) >= 11 is 4.79. The summed E-state index contributed by atoms with van der Waals surface area (Å²) in [6.45, 7) is 3.69. The zero-order valence-corrected chi connectivity index (χ0v) is 15.7. The molecule has 0 amide bonds. The highest BCUT2D eigenvalue weighted by molar-refractivity contribution is 9.11. The molecule has 1 fully saturated rings. The maximum absolute atomic E-state index is 11.5. The summed E-state index contributed by atoms with van der Waals surface area (Å²) < 4.78 is 22.4. The Labute approximate surface area is 151 Å². The van der Waals surface area contributed by atoms with E-state index < -0.39 is 42.3 Å². The van der Waals surface area contributed by atoms with Gasteiger partial charge in [0.15, 0.2) is 12.2 Å². The summed E-state index contributed by atoms with van der Waals surface area (Å²) in [6.07, 6.45) is -3.03. The second kappa shape index (κ2) is 8.09. The number of rotatable bonds is 5. The minimum atomic E-state index is -0.864. The molecular formula is C15H17BrO7S. The van der Waals surface area contributed by atoms with Crippen LogP contribution >= 0.6 is 27.3 Å². The van der Waals surface area contributed by atoms with E-state index in [0.29, 0.717) is 0 Å². The van der Waals surface area contributed by atoms with Crippen LogP contribution in [0.3, 0.4) is 0 Å². The molecule has 0 N–H and O–H groups in total. The predicted octanol–water partition coefficient (Wildman–Crippen LogP) is 2.38. The van der Waals surface area contributed by atoms with Crippen molar-refractivity contribution >= 4 is 45.2 Å². The van der Waals surface area contributed by atoms with Gasteiger partial charge in [-0.25, -0.2) is 0 Å². The Balaban J connectivity index is 2.29. The molecule has 1 aromatic heterocycles. The van der Waals surface area contributed by atoms with Crippen LogP contribution in [0.1, 0.15) is 31.8 Å². The van der Waals surface area contributed by atoms with Crippen molar-refractivity contribution in [2.24, 2.45) is 0 Å². The number of carbonyl (C=O) groups excluding carboxylic acids is 3. The van der Waals surface area contributed by atoms with E-state index in [1.807, 2.05) is 12.1 Å². The Hall–Kier alpha value is -1.45. The lowest BCUT2D eigenvalue weighted by atomic mass is 10.1. The van der Waals surface area contributed by atoms with Gasteiger partial charge in [0.25, 0.3) is 0 Å². The molecule has 1 aromatic rings. The topological polar surface area (TPSA) is 88.1 Å². The minimum absolute atomic E-state index is 0.103. The van der Waals surface area contributed by atoms with Crippen molar-refractivity contribution in [1.29, 1.82) is 0 Å². The van der Waals surface area contributed by atoms with Gasteiger partial charge in [-0.2, -0.15) is 0 Å². The fourth-order valence-corrected chi connectivity index (χ4v) is 3.92. The third-order valence-corrected chi connectivity index (χ3v) is 4.92. The Morgan fingerprint density at radius 1 is 1.08 bits per heavy atom. The van der Waals surface area contributed by atoms with Gasteiger partial charge in [-0.1, -0.05) is 0 Å². The first-order chi connectivity index (χ1) is 11.3. The van der Waals surface area contributed by atoms with Crippen molar-refractivity contribution in [1.82, 2.24) is 0 Å². The van der Waals surface area contributed by atoms with Crippen LogP contribution in [0.5, 0.6) is 0 Å². The molecular weight excluding hydrogens is 404 g/mol. The zero-order chi connectivity index (χ0) is 17.9. The molecule has 0 bridgehead atoms. The molecule has 1 aliphatic rings. The van der Waals surface area contributed by atoms with Crippen molar-refractivity contribution in [2.75, 3.05) is 6.61 Å². The van der Waals surface area contributed by atoms with E-state index in [1.54, 1.807) is 0 Å². The van der Waals surface area contributed by atoms with Crippen LogP contribution in [0, 0.1) is 0 Å². The normalized spacial score (nSPS) is 26.0. The Morgan fingerprint density at radius 2 is 1.71 bits per heavy atom. The summed E-state index contributed by atoms with van der Waals surface area (Å²) in [7, 11) is 0. The lowest BCUT2D eigenvalue weighted by Gasteiger charge is -2.23. The number of ether oxygens (including phenoxy) is 4. The van der Waals surface area contributed by atoms with E-state index in [-0.39, 0.29) is 6.61 Å². The van der Waals surface area contributed by atoms with Crippen molar-refractivity contribution in [3.8, 4) is 0 Å². The number of halogens is 1. The number of esters is 3. The third kappa shape index (κ3) is 4.78. The average Bonchev–Trinajstić information content (AvgIpc) is 3.01. The quantitative estimate of drug-likeness (QED) is 0.533. The Bertz CT molecular complexity index is 629. The molecule has 24 heavy (non-hydrogen) atoms. The highest BCUT2D eigenvalue weighted by atomic mass is 79.9. The van der Waals surface area contributed by atoms with Crippen molar-refractivity contribution in [3.63, 3.8) is 0 Å². The molecule has 0 saturated carbocycles. The van der Waals surface area contributed by atoms with Gasteiger partial charge in [0.05, 0.1) is 3.79 Å². The second-order valence-corrected chi connectivity index (χ2v) is 7.68. The average molecular weight is 421 g/mol. The first-order valence-corrected chi connectivity index (χ1v) is 8.77. The number of hydrogen-bond acceptors (Lipinski definition) is 8. The first-order valence-electron chi connectivity index (χ1n) is 7.16. The maximum atomic E-state index is 11.5. The molecule has 0 unspecified atom stereocenters. The van der Waals surface area contributed by atoms with Gasteiger partial charge in [0.2, 0.25) is 0 Å². The fourth-order valence-electron chi connectivity index (χ4n) is 2.43. The van der Waals surface area contributed by atoms with Crippen LogP contribution in [-0.2, 0) is 33.3 Å². The van der Waals surface area contributed by atoms with E-state index in [0.717, 1.165) is 8.66 Å². The van der Waals surface area contributed by atoms with Crippen LogP contribution in [0.25, 0.3) is 0 Å². The SMILES string of the molecule is CC(=O)OC[C@H]1O[C@@H](c2ccc(Br)s2)[C@H](OC(C)=O)[C@@H]1OC(C)=O. The zero-order valence-electron chi connectivity index (χ0n) is 13.3. The smallest absolute Gasteiger partial charge is 0.303 e. The van der Waals surface area contributed by atoms with Crippen LogP contribution in [0.15, 0.2) is 15.9 Å². The van der Waals surface area contributed by atoms with Crippen molar-refractivity contribution in [3.05, 3.63) is 20.8 Å². The maximum Gasteiger partial charge on any atom is 0.303 e. The van der Waals surface area contributed by atoms with Gasteiger partial charge in [0.1, 0.15) is 18.8 Å². The second-order valence-electron chi connectivity index (χ2n) is 5.19. The van der Waals surface area contributed by atoms with Gasteiger partial charge in [-0.15, -0.1) is 11.3 Å². The Kier molecular flexibility index (Phi) is 6.36. The number of hydrogen-bond donors (Lipinski definition) is 0. The lowest BCUT2D eigenvalue weighted by molar-refractivity contribution is -0.165. The molecule has 0 aromatic carbocycles. The molecule has 0 spiro atoms. The largest absolute Gasteiger partial charge is 0.463 e. The lowest BCUT2D eigenvalue weighted by Crippen LogP contribution is -2.40. The van der Waals surface area contributed by atoms with Gasteiger partial charge in [-0.05, 0) is 28.1 Å². The third-order valence-electron chi connectivity index (χ3n) is 3.24. The molecule has 9 heteroatoms. The van der Waals surface area contributed by atoms with Crippen molar-refractivity contribution < 1.29 is 33.3 Å². The highest BCUT2D eigenvalue weighted by Gasteiger charge is 2.50. The molecule has 2 rings (SSSR count). The standard InChI is InChI=1S/C15H17BrO7S/c1-7(17)20-6-10-13(21-8(2)18)15(22-9(3)19)14(23-10)11-4-5-12(16)24-11/h4-5,10,13-15H,6H2,1-3H3/t10-,13-,14+,15-/m1/s1. The highest BCUT2D eigenvalue weighted by Crippen LogP contribution is 2.41. The molecule has 1 saturated heterocycles. The summed E-state index contributed by atoms with van der Waals surface area (Å²) in [5, 5.41) is 0. The summed E-state index contributed by atoms with van der Waals surface area (Å²) in [5.74, 6) is -1.54. The number of carbonyl (C=O) groups is 3. The van der Waals surface area contributed by atoms with Crippen LogP contribution in [0.2, 0.25) is 0 Å². The number of thiophene rings is 1. The van der Waals surface area contributed by atoms with Crippen molar-refractivity contribution in [2.45, 2.75) is 45.2 Å². The molecule has 7 nitrogen and oxygen atoms in total. The van der Waals surface area contributed by atoms with E-state index >= 15 is 0 Å². The van der Waals surface area contributed by atoms with Gasteiger partial charge in [0, 0.05) is 25.6 Å². The summed E-state index contributed by atoms with van der Waals surface area (Å²) in [6, 6.07) is 3.67. The van der Waals surface area contributed by atoms with Crippen LogP contribution < -0.4 is 0 Å². The van der Waals surface area contributed by atoms with Gasteiger partial charge >= 0.3 is 17.9 Å². The van der Waals surface area contributed by atoms with E-state index in [2.05, 4.69) is 15.9 Å². The van der Waals surface area contributed by atoms with Gasteiger partial charge in [-0.3, -0.25) is 14.4 Å². The molecule has 4 atom stereocenters. The predicted molar refractivity (Wildman–Crippen MR) is 87.4 cm³/mol. The monoisotopic (exact) mass is 420 g/mol. The molecule has 132 valence electrons.